The molecule has 0 atom stereocenters. The lowest BCUT2D eigenvalue weighted by Gasteiger charge is -2.32. The molecule has 1 aliphatic rings. The van der Waals surface area contributed by atoms with Crippen LogP contribution < -0.4 is 15.5 Å². The van der Waals surface area contributed by atoms with E-state index in [4.69, 9.17) is 18.8 Å². The summed E-state index contributed by atoms with van der Waals surface area (Å²) in [5.41, 5.74) is 1.96. The molecular weight excluding hydrogens is 429 g/mol. The van der Waals surface area contributed by atoms with Crippen LogP contribution in [-0.4, -0.2) is 43.2 Å². The first-order valence-electron chi connectivity index (χ1n) is 11.7. The maximum absolute atomic E-state index is 11.6. The van der Waals surface area contributed by atoms with Gasteiger partial charge in [0.25, 0.3) is 0 Å². The number of alkyl carbamates (subject to hydrolysis) is 1. The Hall–Kier alpha value is -2.77. The summed E-state index contributed by atoms with van der Waals surface area (Å²) in [5.74, 6) is 0.745. The highest BCUT2D eigenvalue weighted by Crippen LogP contribution is 2.36. The van der Waals surface area contributed by atoms with Gasteiger partial charge >= 0.3 is 13.2 Å². The van der Waals surface area contributed by atoms with Gasteiger partial charge in [-0.3, -0.25) is 0 Å². The highest BCUT2D eigenvalue weighted by molar-refractivity contribution is 6.62. The molecule has 2 aromatic carbocycles. The zero-order valence-corrected chi connectivity index (χ0v) is 21.3. The van der Waals surface area contributed by atoms with Crippen molar-refractivity contribution in [2.45, 2.75) is 65.3 Å². The summed E-state index contributed by atoms with van der Waals surface area (Å²) in [7, 11) is -0.352. The summed E-state index contributed by atoms with van der Waals surface area (Å²) < 4.78 is 23.1. The second-order valence-electron chi connectivity index (χ2n) is 10.4. The maximum Gasteiger partial charge on any atom is 0.494 e. The van der Waals surface area contributed by atoms with Crippen molar-refractivity contribution in [3.05, 3.63) is 59.7 Å². The Kier molecular flexibility index (Phi) is 7.79. The smallest absolute Gasteiger partial charge is 0.492 e. The molecule has 1 heterocycles. The van der Waals surface area contributed by atoms with Crippen LogP contribution in [0.15, 0.2) is 48.5 Å². The maximum atomic E-state index is 11.6. The van der Waals surface area contributed by atoms with Gasteiger partial charge in [0, 0.05) is 0 Å². The van der Waals surface area contributed by atoms with Crippen molar-refractivity contribution < 1.29 is 23.6 Å². The third-order valence-corrected chi connectivity index (χ3v) is 5.85. The van der Waals surface area contributed by atoms with Crippen molar-refractivity contribution in [1.29, 1.82) is 0 Å². The topological polar surface area (TPSA) is 66.0 Å². The van der Waals surface area contributed by atoms with Crippen LogP contribution in [0.2, 0.25) is 0 Å². The summed E-state index contributed by atoms with van der Waals surface area (Å²) in [5, 5.41) is 2.68. The summed E-state index contributed by atoms with van der Waals surface area (Å²) in [4.78, 5) is 11.6. The zero-order chi connectivity index (χ0) is 25.0. The molecule has 1 aliphatic heterocycles. The molecular formula is C27H36BNO5. The van der Waals surface area contributed by atoms with Gasteiger partial charge in [-0.1, -0.05) is 48.6 Å². The highest BCUT2D eigenvalue weighted by atomic mass is 16.7. The SMILES string of the molecule is CC(C)(C)OC(=O)NCCOc1ccc(C=Cc2ccc(B3OC(C)(C)C(C)(C)O3)cc2)cc1. The van der Waals surface area contributed by atoms with E-state index in [0.29, 0.717) is 13.2 Å². The third kappa shape index (κ3) is 7.11. The Morgan fingerprint density at radius 1 is 0.912 bits per heavy atom. The molecule has 0 radical (unpaired) electrons. The fraction of sp³-hybridized carbons (Fsp3) is 0.444. The Balaban J connectivity index is 1.47. The monoisotopic (exact) mass is 465 g/mol. The standard InChI is InChI=1S/C27H36BNO5/c1-25(2,3)32-24(30)29-18-19-31-23-16-12-21(13-17-23)9-8-20-10-14-22(15-11-20)28-33-26(4,5)27(6,7)34-28/h8-17H,18-19H2,1-7H3,(H,29,30). The lowest BCUT2D eigenvalue weighted by molar-refractivity contribution is 0.00578. The molecule has 1 N–H and O–H groups in total. The fourth-order valence-electron chi connectivity index (χ4n) is 3.25. The van der Waals surface area contributed by atoms with Crippen LogP contribution in [0.25, 0.3) is 12.2 Å². The fourth-order valence-corrected chi connectivity index (χ4v) is 3.25. The van der Waals surface area contributed by atoms with Gasteiger partial charge in [0.05, 0.1) is 17.7 Å². The van der Waals surface area contributed by atoms with E-state index in [0.717, 1.165) is 22.3 Å². The van der Waals surface area contributed by atoms with Crippen molar-refractivity contribution in [1.82, 2.24) is 5.32 Å². The van der Waals surface area contributed by atoms with E-state index in [9.17, 15) is 4.79 Å². The Bertz CT molecular complexity index is 975. The molecule has 1 saturated heterocycles. The van der Waals surface area contributed by atoms with Crippen molar-refractivity contribution in [3.8, 4) is 5.75 Å². The summed E-state index contributed by atoms with van der Waals surface area (Å²) in [6.07, 6.45) is 3.67. The Morgan fingerprint density at radius 3 is 1.91 bits per heavy atom. The lowest BCUT2D eigenvalue weighted by Crippen LogP contribution is -2.41. The Morgan fingerprint density at radius 2 is 1.41 bits per heavy atom. The summed E-state index contributed by atoms with van der Waals surface area (Å²) in [6, 6.07) is 16.0. The van der Waals surface area contributed by atoms with E-state index in [1.54, 1.807) is 0 Å². The lowest BCUT2D eigenvalue weighted by atomic mass is 9.79. The van der Waals surface area contributed by atoms with Gasteiger partial charge in [0.2, 0.25) is 0 Å². The molecule has 6 nitrogen and oxygen atoms in total. The average molecular weight is 465 g/mol. The molecule has 1 amide bonds. The number of ether oxygens (including phenoxy) is 2. The van der Waals surface area contributed by atoms with E-state index in [-0.39, 0.29) is 18.3 Å². The van der Waals surface area contributed by atoms with Gasteiger partial charge in [-0.05, 0) is 77.2 Å². The number of hydrogen-bond acceptors (Lipinski definition) is 5. The normalized spacial score (nSPS) is 17.1. The van der Waals surface area contributed by atoms with Gasteiger partial charge in [0.1, 0.15) is 18.0 Å². The molecule has 0 aliphatic carbocycles. The van der Waals surface area contributed by atoms with Gasteiger partial charge in [0.15, 0.2) is 0 Å². The Labute approximate surface area is 203 Å². The number of carbonyl (C=O) groups is 1. The van der Waals surface area contributed by atoms with Crippen LogP contribution in [0.4, 0.5) is 4.79 Å². The molecule has 0 spiro atoms. The minimum Gasteiger partial charge on any atom is -0.492 e. The van der Waals surface area contributed by atoms with Crippen LogP contribution in [-0.2, 0) is 14.0 Å². The molecule has 0 aromatic heterocycles. The van der Waals surface area contributed by atoms with Crippen LogP contribution in [0.1, 0.15) is 59.6 Å². The van der Waals surface area contributed by atoms with E-state index in [2.05, 4.69) is 57.3 Å². The number of nitrogens with one attached hydrogen (secondary N) is 1. The molecule has 3 rings (SSSR count). The first kappa shape index (κ1) is 25.9. The minimum absolute atomic E-state index is 0.347. The number of rotatable bonds is 7. The van der Waals surface area contributed by atoms with Gasteiger partial charge < -0.3 is 24.1 Å². The third-order valence-electron chi connectivity index (χ3n) is 5.85. The number of amides is 1. The summed E-state index contributed by atoms with van der Waals surface area (Å²) in [6.45, 7) is 14.5. The van der Waals surface area contributed by atoms with Crippen molar-refractivity contribution in [2.24, 2.45) is 0 Å². The second kappa shape index (κ2) is 10.2. The van der Waals surface area contributed by atoms with Crippen molar-refractivity contribution in [2.75, 3.05) is 13.2 Å². The summed E-state index contributed by atoms with van der Waals surface area (Å²) >= 11 is 0. The minimum atomic E-state index is -0.510. The predicted octanol–water partition coefficient (Wildman–Crippen LogP) is 5.06. The predicted molar refractivity (Wildman–Crippen MR) is 137 cm³/mol. The highest BCUT2D eigenvalue weighted by Gasteiger charge is 2.51. The molecule has 182 valence electrons. The second-order valence-corrected chi connectivity index (χ2v) is 10.4. The molecule has 2 aromatic rings. The van der Waals surface area contributed by atoms with Gasteiger partial charge in [-0.15, -0.1) is 0 Å². The average Bonchev–Trinajstić information content (AvgIpc) is 2.96. The molecule has 34 heavy (non-hydrogen) atoms. The van der Waals surface area contributed by atoms with E-state index in [1.165, 1.54) is 0 Å². The van der Waals surface area contributed by atoms with Crippen LogP contribution in [0.3, 0.4) is 0 Å². The van der Waals surface area contributed by atoms with E-state index in [1.807, 2.05) is 57.2 Å². The van der Waals surface area contributed by atoms with Crippen molar-refractivity contribution >= 4 is 30.8 Å². The first-order valence-corrected chi connectivity index (χ1v) is 11.7. The molecule has 0 bridgehead atoms. The molecule has 0 unspecified atom stereocenters. The quantitative estimate of drug-likeness (QED) is 0.352. The number of carbonyl (C=O) groups excluding carboxylic acids is 1. The zero-order valence-electron chi connectivity index (χ0n) is 21.3. The van der Waals surface area contributed by atoms with Crippen LogP contribution >= 0.6 is 0 Å². The van der Waals surface area contributed by atoms with Gasteiger partial charge in [-0.25, -0.2) is 4.79 Å². The van der Waals surface area contributed by atoms with Crippen LogP contribution in [0, 0.1) is 0 Å². The number of hydrogen-bond donors (Lipinski definition) is 1. The molecule has 1 fully saturated rings. The molecule has 7 heteroatoms. The van der Waals surface area contributed by atoms with Gasteiger partial charge in [-0.2, -0.15) is 0 Å². The first-order chi connectivity index (χ1) is 15.8. The van der Waals surface area contributed by atoms with E-state index < -0.39 is 11.7 Å². The largest absolute Gasteiger partial charge is 0.494 e. The molecule has 0 saturated carbocycles. The van der Waals surface area contributed by atoms with Crippen molar-refractivity contribution in [3.63, 3.8) is 0 Å². The van der Waals surface area contributed by atoms with Crippen LogP contribution in [0.5, 0.6) is 5.75 Å². The number of benzene rings is 2. The van der Waals surface area contributed by atoms with E-state index >= 15 is 0 Å².